The van der Waals surface area contributed by atoms with Gasteiger partial charge in [-0.2, -0.15) is 0 Å². The third-order valence-corrected chi connectivity index (χ3v) is 7.58. The number of methoxy groups -OCH3 is 1. The smallest absolute Gasteiger partial charge is 0.410 e. The minimum absolute atomic E-state index is 0.155. The molecule has 5 rings (SSSR count). The van der Waals surface area contributed by atoms with Gasteiger partial charge in [0.1, 0.15) is 18.8 Å². The zero-order valence-electron chi connectivity index (χ0n) is 19.4. The van der Waals surface area contributed by atoms with Gasteiger partial charge in [-0.25, -0.2) is 9.59 Å². The summed E-state index contributed by atoms with van der Waals surface area (Å²) >= 11 is 3.69. The molecule has 8 heteroatoms. The van der Waals surface area contributed by atoms with Gasteiger partial charge in [-0.3, -0.25) is 0 Å². The summed E-state index contributed by atoms with van der Waals surface area (Å²) in [6.45, 7) is 4.63. The Hall–Kier alpha value is -3.26. The molecule has 0 aromatic heterocycles. The van der Waals surface area contributed by atoms with Gasteiger partial charge < -0.3 is 23.8 Å². The fraction of sp³-hybridized carbons (Fsp3) is 0.333. The number of rotatable bonds is 5. The second-order valence-corrected chi connectivity index (χ2v) is 9.69. The predicted octanol–water partition coefficient (Wildman–Crippen LogP) is 5.17. The van der Waals surface area contributed by atoms with E-state index in [0.29, 0.717) is 43.0 Å². The molecule has 3 atom stereocenters. The molecular weight excluding hydrogens is 514 g/mol. The van der Waals surface area contributed by atoms with Crippen molar-refractivity contribution in [3.8, 4) is 11.5 Å². The fourth-order valence-corrected chi connectivity index (χ4v) is 5.72. The van der Waals surface area contributed by atoms with E-state index in [1.165, 1.54) is 0 Å². The molecule has 2 aliphatic heterocycles. The van der Waals surface area contributed by atoms with Crippen LogP contribution in [0.2, 0.25) is 0 Å². The standard InChI is InChI=1S/C27H26BrNO6/c1-3-13-33-26(31)29-12-11-27-10-9-18(34-25(30)17-7-5-4-6-8-17)14-22(27)35-24-21(32-2)15-20(28)19(16-29)23(24)27/h3-10,15,18,22H,1,11-14,16H2,2H3/t18-,22-,27-/m0/s1. The van der Waals surface area contributed by atoms with Gasteiger partial charge in [-0.05, 0) is 36.3 Å². The van der Waals surface area contributed by atoms with Crippen molar-refractivity contribution in [2.75, 3.05) is 20.3 Å². The number of carbonyl (C=O) groups is 2. The molecule has 2 aromatic carbocycles. The average molecular weight is 540 g/mol. The van der Waals surface area contributed by atoms with Gasteiger partial charge in [0, 0.05) is 23.0 Å². The van der Waals surface area contributed by atoms with Crippen molar-refractivity contribution in [2.45, 2.75) is 37.0 Å². The molecule has 0 unspecified atom stereocenters. The molecule has 3 aliphatic rings. The Morgan fingerprint density at radius 1 is 1.31 bits per heavy atom. The van der Waals surface area contributed by atoms with E-state index in [9.17, 15) is 9.59 Å². The molecule has 2 heterocycles. The van der Waals surface area contributed by atoms with E-state index >= 15 is 0 Å². The van der Waals surface area contributed by atoms with Crippen LogP contribution in [0.15, 0.2) is 65.7 Å². The van der Waals surface area contributed by atoms with Crippen molar-refractivity contribution in [1.29, 1.82) is 0 Å². The Morgan fingerprint density at radius 3 is 2.86 bits per heavy atom. The monoisotopic (exact) mass is 539 g/mol. The molecule has 0 N–H and O–H groups in total. The van der Waals surface area contributed by atoms with Crippen LogP contribution in [0.3, 0.4) is 0 Å². The zero-order valence-corrected chi connectivity index (χ0v) is 21.0. The number of amides is 1. The Bertz CT molecular complexity index is 1200. The van der Waals surface area contributed by atoms with Crippen LogP contribution in [-0.4, -0.2) is 49.4 Å². The van der Waals surface area contributed by atoms with Crippen molar-refractivity contribution in [1.82, 2.24) is 4.90 Å². The molecule has 0 fully saturated rings. The number of hydrogen-bond donors (Lipinski definition) is 0. The summed E-state index contributed by atoms with van der Waals surface area (Å²) < 4.78 is 24.1. The van der Waals surface area contributed by atoms with Crippen LogP contribution >= 0.6 is 15.9 Å². The first-order chi connectivity index (χ1) is 17.0. The lowest BCUT2D eigenvalue weighted by molar-refractivity contribution is 0.0214. The SMILES string of the molecule is C=CCOC(=O)N1CC[C@@]23C=C[C@H](OC(=O)c4ccccc4)C[C@@H]2Oc2c(OC)cc(Br)c(c23)C1. The van der Waals surface area contributed by atoms with Crippen LogP contribution < -0.4 is 9.47 Å². The van der Waals surface area contributed by atoms with E-state index in [4.69, 9.17) is 18.9 Å². The molecule has 1 amide bonds. The molecule has 0 bridgehead atoms. The van der Waals surface area contributed by atoms with E-state index in [1.54, 1.807) is 30.2 Å². The van der Waals surface area contributed by atoms with Crippen LogP contribution in [0.1, 0.15) is 34.3 Å². The van der Waals surface area contributed by atoms with Crippen molar-refractivity contribution in [2.24, 2.45) is 0 Å². The van der Waals surface area contributed by atoms with Gasteiger partial charge in [0.05, 0.1) is 24.6 Å². The first-order valence-corrected chi connectivity index (χ1v) is 12.3. The Kier molecular flexibility index (Phi) is 6.32. The maximum absolute atomic E-state index is 12.7. The molecule has 35 heavy (non-hydrogen) atoms. The molecule has 1 aliphatic carbocycles. The summed E-state index contributed by atoms with van der Waals surface area (Å²) in [7, 11) is 1.61. The second kappa shape index (κ2) is 9.41. The lowest BCUT2D eigenvalue weighted by atomic mass is 9.69. The molecule has 0 radical (unpaired) electrons. The van der Waals surface area contributed by atoms with E-state index < -0.39 is 11.5 Å². The van der Waals surface area contributed by atoms with Gasteiger partial charge in [-0.1, -0.05) is 52.9 Å². The molecular formula is C27H26BrNO6. The highest BCUT2D eigenvalue weighted by atomic mass is 79.9. The third kappa shape index (κ3) is 4.10. The van der Waals surface area contributed by atoms with Crippen molar-refractivity contribution in [3.63, 3.8) is 0 Å². The summed E-state index contributed by atoms with van der Waals surface area (Å²) in [6, 6.07) is 10.8. The van der Waals surface area contributed by atoms with Crippen molar-refractivity contribution < 1.29 is 28.5 Å². The number of nitrogens with zero attached hydrogens (tertiary/aromatic N) is 1. The Labute approximate surface area is 212 Å². The summed E-state index contributed by atoms with van der Waals surface area (Å²) in [5, 5.41) is 0. The molecule has 7 nitrogen and oxygen atoms in total. The lowest BCUT2D eigenvalue weighted by Gasteiger charge is -2.36. The highest BCUT2D eigenvalue weighted by molar-refractivity contribution is 9.10. The average Bonchev–Trinajstić information content (AvgIpc) is 3.10. The first kappa shape index (κ1) is 23.5. The van der Waals surface area contributed by atoms with E-state index in [0.717, 1.165) is 15.6 Å². The van der Waals surface area contributed by atoms with E-state index in [-0.39, 0.29) is 24.8 Å². The normalized spacial score (nSPS) is 23.9. The van der Waals surface area contributed by atoms with E-state index in [1.807, 2.05) is 30.3 Å². The minimum Gasteiger partial charge on any atom is -0.493 e. The van der Waals surface area contributed by atoms with Gasteiger partial charge in [0.15, 0.2) is 11.5 Å². The van der Waals surface area contributed by atoms with E-state index in [2.05, 4.69) is 28.6 Å². The van der Waals surface area contributed by atoms with Gasteiger partial charge in [0.25, 0.3) is 0 Å². The summed E-state index contributed by atoms with van der Waals surface area (Å²) in [4.78, 5) is 27.1. The van der Waals surface area contributed by atoms with Crippen LogP contribution in [0.5, 0.6) is 11.5 Å². The topological polar surface area (TPSA) is 74.3 Å². The van der Waals surface area contributed by atoms with Crippen LogP contribution in [0.25, 0.3) is 0 Å². The third-order valence-electron chi connectivity index (χ3n) is 6.87. The number of carbonyl (C=O) groups excluding carboxylic acids is 2. The second-order valence-electron chi connectivity index (χ2n) is 8.83. The molecule has 1 spiro atoms. The quantitative estimate of drug-likeness (QED) is 0.385. The van der Waals surface area contributed by atoms with Gasteiger partial charge in [0.2, 0.25) is 0 Å². The van der Waals surface area contributed by atoms with Crippen LogP contribution in [0, 0.1) is 0 Å². The maximum Gasteiger partial charge on any atom is 0.410 e. The fourth-order valence-electron chi connectivity index (χ4n) is 5.19. The van der Waals surface area contributed by atoms with Gasteiger partial charge >= 0.3 is 12.1 Å². The maximum atomic E-state index is 12.7. The molecule has 0 saturated heterocycles. The summed E-state index contributed by atoms with van der Waals surface area (Å²) in [6.07, 6.45) is 5.62. The predicted molar refractivity (Wildman–Crippen MR) is 133 cm³/mol. The molecule has 182 valence electrons. The Morgan fingerprint density at radius 2 is 2.11 bits per heavy atom. The first-order valence-electron chi connectivity index (χ1n) is 11.5. The molecule has 0 saturated carbocycles. The lowest BCUT2D eigenvalue weighted by Crippen LogP contribution is -2.44. The summed E-state index contributed by atoms with van der Waals surface area (Å²) in [5.41, 5.74) is 2.00. The van der Waals surface area contributed by atoms with Gasteiger partial charge in [-0.15, -0.1) is 0 Å². The zero-order chi connectivity index (χ0) is 24.6. The number of hydrogen-bond acceptors (Lipinski definition) is 6. The highest BCUT2D eigenvalue weighted by Gasteiger charge is 2.54. The summed E-state index contributed by atoms with van der Waals surface area (Å²) in [5.74, 6) is 0.930. The highest BCUT2D eigenvalue weighted by Crippen LogP contribution is 2.57. The largest absolute Gasteiger partial charge is 0.493 e. The number of halogens is 1. The minimum atomic E-state index is -0.481. The Balaban J connectivity index is 1.49. The van der Waals surface area contributed by atoms with Crippen LogP contribution in [-0.2, 0) is 21.4 Å². The molecule has 2 aromatic rings. The number of esters is 1. The van der Waals surface area contributed by atoms with Crippen molar-refractivity contribution >= 4 is 28.0 Å². The van der Waals surface area contributed by atoms with Crippen LogP contribution in [0.4, 0.5) is 4.79 Å². The van der Waals surface area contributed by atoms with Crippen molar-refractivity contribution in [3.05, 3.63) is 82.4 Å². The number of benzene rings is 2. The number of ether oxygens (including phenoxy) is 4.